The number of ether oxygens (including phenoxy) is 2. The summed E-state index contributed by atoms with van der Waals surface area (Å²) in [5.41, 5.74) is 1.69. The van der Waals surface area contributed by atoms with Crippen molar-refractivity contribution in [2.75, 3.05) is 5.32 Å². The molecule has 2 amide bonds. The van der Waals surface area contributed by atoms with E-state index in [1.807, 2.05) is 43.3 Å². The summed E-state index contributed by atoms with van der Waals surface area (Å²) in [4.78, 5) is 25.4. The maximum Gasteiger partial charge on any atom is 0.408 e. The third-order valence-corrected chi connectivity index (χ3v) is 4.47. The summed E-state index contributed by atoms with van der Waals surface area (Å²) < 4.78 is 11.2. The minimum Gasteiger partial charge on any atom is -0.444 e. The zero-order valence-electron chi connectivity index (χ0n) is 18.0. The number of rotatable bonds is 7. The summed E-state index contributed by atoms with van der Waals surface area (Å²) in [7, 11) is 0. The van der Waals surface area contributed by atoms with Gasteiger partial charge in [-0.25, -0.2) is 4.79 Å². The normalized spacial score (nSPS) is 13.3. The summed E-state index contributed by atoms with van der Waals surface area (Å²) in [5.74, 6) is -0.424. The molecule has 2 aromatic rings. The van der Waals surface area contributed by atoms with Crippen molar-refractivity contribution in [2.24, 2.45) is 0 Å². The summed E-state index contributed by atoms with van der Waals surface area (Å²) in [6, 6.07) is 13.8. The van der Waals surface area contributed by atoms with Gasteiger partial charge in [-0.3, -0.25) is 4.79 Å². The van der Waals surface area contributed by atoms with Crippen molar-refractivity contribution in [1.29, 1.82) is 0 Å². The van der Waals surface area contributed by atoms with E-state index >= 15 is 0 Å². The molecule has 0 fully saturated rings. The molecule has 162 valence electrons. The molecule has 2 rings (SSSR count). The Bertz CT molecular complexity index is 865. The second-order valence-corrected chi connectivity index (χ2v) is 8.51. The maximum absolute atomic E-state index is 13.0. The monoisotopic (exact) mass is 432 g/mol. The minimum atomic E-state index is -0.970. The summed E-state index contributed by atoms with van der Waals surface area (Å²) >= 11 is 6.05. The van der Waals surface area contributed by atoms with Crippen LogP contribution in [0.4, 0.5) is 10.5 Å². The van der Waals surface area contributed by atoms with Crippen molar-refractivity contribution in [3.05, 3.63) is 64.7 Å². The van der Waals surface area contributed by atoms with Crippen LogP contribution in [0.2, 0.25) is 5.02 Å². The number of carbonyl (C=O) groups is 2. The van der Waals surface area contributed by atoms with E-state index in [1.165, 1.54) is 0 Å². The average Bonchev–Trinajstić information content (AvgIpc) is 2.66. The van der Waals surface area contributed by atoms with Gasteiger partial charge in [0.25, 0.3) is 0 Å². The lowest BCUT2D eigenvalue weighted by Gasteiger charge is -2.27. The fourth-order valence-corrected chi connectivity index (χ4v) is 2.84. The van der Waals surface area contributed by atoms with Crippen LogP contribution in [0.25, 0.3) is 0 Å². The first-order valence-corrected chi connectivity index (χ1v) is 10.1. The highest BCUT2D eigenvalue weighted by atomic mass is 35.5. The molecular formula is C23H29ClN2O4. The van der Waals surface area contributed by atoms with Gasteiger partial charge in [0.2, 0.25) is 5.91 Å². The van der Waals surface area contributed by atoms with E-state index in [0.717, 1.165) is 11.1 Å². The molecule has 2 aromatic carbocycles. The number of nitrogens with one attached hydrogen (secondary N) is 2. The van der Waals surface area contributed by atoms with Crippen molar-refractivity contribution in [2.45, 2.75) is 59.0 Å². The van der Waals surface area contributed by atoms with Crippen LogP contribution >= 0.6 is 11.6 Å². The Kier molecular flexibility index (Phi) is 8.26. The molecule has 0 bridgehead atoms. The van der Waals surface area contributed by atoms with Crippen molar-refractivity contribution in [3.8, 4) is 0 Å². The molecule has 0 aliphatic heterocycles. The Morgan fingerprint density at radius 1 is 1.10 bits per heavy atom. The van der Waals surface area contributed by atoms with Gasteiger partial charge in [-0.05, 0) is 57.9 Å². The van der Waals surface area contributed by atoms with Gasteiger partial charge in [0.15, 0.2) is 0 Å². The first-order chi connectivity index (χ1) is 14.0. The van der Waals surface area contributed by atoms with Gasteiger partial charge < -0.3 is 20.1 Å². The van der Waals surface area contributed by atoms with Crippen molar-refractivity contribution >= 4 is 29.3 Å². The molecular weight excluding hydrogens is 404 g/mol. The molecule has 0 spiro atoms. The van der Waals surface area contributed by atoms with Crippen molar-refractivity contribution < 1.29 is 19.1 Å². The van der Waals surface area contributed by atoms with Gasteiger partial charge in [0, 0.05) is 10.7 Å². The summed E-state index contributed by atoms with van der Waals surface area (Å²) in [6.07, 6.45) is -1.31. The summed E-state index contributed by atoms with van der Waals surface area (Å²) in [6.45, 7) is 9.16. The third kappa shape index (κ3) is 7.69. The lowest BCUT2D eigenvalue weighted by atomic mass is 10.1. The first kappa shape index (κ1) is 23.7. The Hall–Kier alpha value is -2.57. The Morgan fingerprint density at radius 2 is 1.77 bits per heavy atom. The van der Waals surface area contributed by atoms with Crippen LogP contribution in [0.3, 0.4) is 0 Å². The second kappa shape index (κ2) is 10.5. The van der Waals surface area contributed by atoms with E-state index in [4.69, 9.17) is 21.1 Å². The number of aryl methyl sites for hydroxylation is 1. The highest BCUT2D eigenvalue weighted by molar-refractivity contribution is 6.31. The van der Waals surface area contributed by atoms with Crippen LogP contribution in [-0.4, -0.2) is 29.7 Å². The van der Waals surface area contributed by atoms with E-state index in [1.54, 1.807) is 39.8 Å². The van der Waals surface area contributed by atoms with Crippen LogP contribution in [0.1, 0.15) is 38.8 Å². The number of benzene rings is 2. The van der Waals surface area contributed by atoms with Gasteiger partial charge in [0.05, 0.1) is 12.7 Å². The van der Waals surface area contributed by atoms with Crippen LogP contribution in [-0.2, 0) is 20.9 Å². The Morgan fingerprint density at radius 3 is 2.40 bits per heavy atom. The fourth-order valence-electron chi connectivity index (χ4n) is 2.67. The van der Waals surface area contributed by atoms with Crippen LogP contribution in [0.5, 0.6) is 0 Å². The van der Waals surface area contributed by atoms with E-state index < -0.39 is 29.7 Å². The number of halogens is 1. The van der Waals surface area contributed by atoms with E-state index in [-0.39, 0.29) is 0 Å². The van der Waals surface area contributed by atoms with E-state index in [0.29, 0.717) is 17.3 Å². The number of alkyl carbamates (subject to hydrolysis) is 1. The average molecular weight is 433 g/mol. The number of anilines is 1. The highest BCUT2D eigenvalue weighted by Gasteiger charge is 2.30. The molecule has 0 heterocycles. The van der Waals surface area contributed by atoms with Crippen LogP contribution in [0, 0.1) is 6.92 Å². The topological polar surface area (TPSA) is 76.7 Å². The summed E-state index contributed by atoms with van der Waals surface area (Å²) in [5, 5.41) is 5.96. The molecule has 0 saturated carbocycles. The number of hydrogen-bond donors (Lipinski definition) is 2. The Balaban J connectivity index is 2.15. The lowest BCUT2D eigenvalue weighted by Crippen LogP contribution is -2.52. The van der Waals surface area contributed by atoms with Crippen molar-refractivity contribution in [3.63, 3.8) is 0 Å². The van der Waals surface area contributed by atoms with Crippen molar-refractivity contribution in [1.82, 2.24) is 5.32 Å². The first-order valence-electron chi connectivity index (χ1n) is 9.77. The number of amides is 2. The van der Waals surface area contributed by atoms with Gasteiger partial charge in [-0.15, -0.1) is 0 Å². The molecule has 2 atom stereocenters. The molecule has 2 N–H and O–H groups in total. The Labute approximate surface area is 182 Å². The second-order valence-electron chi connectivity index (χ2n) is 8.07. The van der Waals surface area contributed by atoms with Crippen LogP contribution in [0.15, 0.2) is 48.5 Å². The fraction of sp³-hybridized carbons (Fsp3) is 0.391. The molecule has 0 aliphatic rings. The maximum atomic E-state index is 13.0. The highest BCUT2D eigenvalue weighted by Crippen LogP contribution is 2.21. The molecule has 6 nitrogen and oxygen atoms in total. The minimum absolute atomic E-state index is 0.304. The van der Waals surface area contributed by atoms with Gasteiger partial charge >= 0.3 is 6.09 Å². The van der Waals surface area contributed by atoms with Gasteiger partial charge in [0.1, 0.15) is 11.6 Å². The van der Waals surface area contributed by atoms with E-state index in [9.17, 15) is 9.59 Å². The quantitative estimate of drug-likeness (QED) is 0.639. The molecule has 0 saturated heterocycles. The van der Waals surface area contributed by atoms with Gasteiger partial charge in [-0.2, -0.15) is 0 Å². The largest absolute Gasteiger partial charge is 0.444 e. The number of hydrogen-bond acceptors (Lipinski definition) is 4. The standard InChI is InChI=1S/C23H29ClN2O4/c1-15-11-12-18(24)13-19(15)25-21(27)20(26-22(28)30-23(3,4)5)16(2)29-14-17-9-7-6-8-10-17/h6-13,16,20H,14H2,1-5H3,(H,25,27)(H,26,28)/t16-,20-/m1/s1. The zero-order valence-corrected chi connectivity index (χ0v) is 18.7. The number of carbonyl (C=O) groups excluding carboxylic acids is 2. The third-order valence-electron chi connectivity index (χ3n) is 4.24. The molecule has 0 aromatic heterocycles. The van der Waals surface area contributed by atoms with Gasteiger partial charge in [-0.1, -0.05) is 48.0 Å². The molecule has 0 radical (unpaired) electrons. The molecule has 0 unspecified atom stereocenters. The SMILES string of the molecule is Cc1ccc(Cl)cc1NC(=O)[C@H](NC(=O)OC(C)(C)C)[C@@H](C)OCc1ccccc1. The molecule has 30 heavy (non-hydrogen) atoms. The van der Waals surface area contributed by atoms with E-state index in [2.05, 4.69) is 10.6 Å². The van der Waals surface area contributed by atoms with Crippen LogP contribution < -0.4 is 10.6 Å². The lowest BCUT2D eigenvalue weighted by molar-refractivity contribution is -0.122. The predicted octanol–water partition coefficient (Wildman–Crippen LogP) is 5.09. The molecule has 7 heteroatoms. The molecule has 0 aliphatic carbocycles. The zero-order chi connectivity index (χ0) is 22.3. The predicted molar refractivity (Wildman–Crippen MR) is 119 cm³/mol. The smallest absolute Gasteiger partial charge is 0.408 e.